The molecule has 12 heteroatoms. The molecule has 8 N–H and O–H groups in total. The van der Waals surface area contributed by atoms with Crippen LogP contribution < -0.4 is 22.1 Å². The summed E-state index contributed by atoms with van der Waals surface area (Å²) in [5, 5.41) is 36.8. The van der Waals surface area contributed by atoms with E-state index in [2.05, 4.69) is 25.7 Å². The SMILES string of the molecule is CC(C)(N=[N+](CC(C)(N=NC(C)(C)C1=NCCN1)C1=NCCN1)C(C)(C)C(=N)N)C(=N)N. The Morgan fingerprint density at radius 2 is 1.44 bits per heavy atom. The average Bonchev–Trinajstić information content (AvgIpc) is 3.39. The van der Waals surface area contributed by atoms with Crippen molar-refractivity contribution in [1.29, 1.82) is 10.8 Å². The minimum absolute atomic E-state index is 0.0638. The van der Waals surface area contributed by atoms with Gasteiger partial charge >= 0.3 is 0 Å². The van der Waals surface area contributed by atoms with Gasteiger partial charge in [-0.2, -0.15) is 10.2 Å². The highest BCUT2D eigenvalue weighted by Crippen LogP contribution is 2.25. The standard InChI is InChI=1S/C20H39N12/c1-17(2,13(21)22)31-32(19(5,6)14(23)24)12-20(7,16-27-10-11-28-16)30-29-18(3,4)15-25-8-9-26-15/h8-12H2,1-7H3,(H3,21,22)(H3,23,24)(H,25,26)(H,27,28)/q+1. The molecule has 2 aliphatic heterocycles. The Hall–Kier alpha value is -2.92. The third-order valence-corrected chi connectivity index (χ3v) is 5.75. The van der Waals surface area contributed by atoms with Gasteiger partial charge in [0.1, 0.15) is 23.0 Å². The summed E-state index contributed by atoms with van der Waals surface area (Å²) in [6, 6.07) is 0. The maximum atomic E-state index is 8.14. The number of hydrogen-bond donors (Lipinski definition) is 6. The van der Waals surface area contributed by atoms with E-state index in [1.165, 1.54) is 0 Å². The molecule has 0 bridgehead atoms. The molecule has 2 rings (SSSR count). The molecule has 0 saturated heterocycles. The number of aliphatic imine (C=N–C) groups is 2. The molecule has 0 aromatic carbocycles. The zero-order valence-electron chi connectivity index (χ0n) is 20.4. The molecule has 0 spiro atoms. The molecule has 32 heavy (non-hydrogen) atoms. The van der Waals surface area contributed by atoms with Crippen LogP contribution in [-0.4, -0.2) is 82.9 Å². The first-order valence-electron chi connectivity index (χ1n) is 10.8. The second-order valence-electron chi connectivity index (χ2n) is 9.95. The van der Waals surface area contributed by atoms with Gasteiger partial charge in [0.05, 0.1) is 13.1 Å². The van der Waals surface area contributed by atoms with Gasteiger partial charge in [0.15, 0.2) is 16.9 Å². The number of nitrogens with zero attached hydrogens (tertiary/aromatic N) is 6. The Labute approximate surface area is 190 Å². The fourth-order valence-electron chi connectivity index (χ4n) is 3.15. The maximum absolute atomic E-state index is 8.14. The van der Waals surface area contributed by atoms with Crippen molar-refractivity contribution < 1.29 is 4.70 Å². The van der Waals surface area contributed by atoms with E-state index in [9.17, 15) is 0 Å². The first-order chi connectivity index (χ1) is 14.6. The van der Waals surface area contributed by atoms with Gasteiger partial charge in [-0.1, -0.05) is 0 Å². The molecule has 12 nitrogen and oxygen atoms in total. The molecule has 0 aromatic heterocycles. The zero-order chi connectivity index (χ0) is 24.4. The Balaban J connectivity index is 2.54. The van der Waals surface area contributed by atoms with Gasteiger partial charge in [-0.25, -0.2) is 0 Å². The lowest BCUT2D eigenvalue weighted by Gasteiger charge is -2.29. The van der Waals surface area contributed by atoms with Crippen molar-refractivity contribution >= 4 is 23.3 Å². The number of azo groups is 3. The molecule has 1 unspecified atom stereocenters. The van der Waals surface area contributed by atoms with Crippen LogP contribution in [-0.2, 0) is 0 Å². The Morgan fingerprint density at radius 3 is 1.88 bits per heavy atom. The third kappa shape index (κ3) is 5.46. The second-order valence-corrected chi connectivity index (χ2v) is 9.95. The molecule has 178 valence electrons. The molecule has 0 amide bonds. The monoisotopic (exact) mass is 447 g/mol. The highest BCUT2D eigenvalue weighted by atomic mass is 15.4. The van der Waals surface area contributed by atoms with Gasteiger partial charge < -0.3 is 22.1 Å². The number of nitrogens with one attached hydrogen (secondary N) is 4. The molecule has 0 fully saturated rings. The summed E-state index contributed by atoms with van der Waals surface area (Å²) in [6.07, 6.45) is 0. The van der Waals surface area contributed by atoms with Crippen LogP contribution in [0.15, 0.2) is 25.3 Å². The first kappa shape index (κ1) is 25.3. The lowest BCUT2D eigenvalue weighted by atomic mass is 9.96. The Morgan fingerprint density at radius 1 is 0.906 bits per heavy atom. The lowest BCUT2D eigenvalue weighted by molar-refractivity contribution is -0.649. The van der Waals surface area contributed by atoms with Crippen LogP contribution in [0.2, 0.25) is 0 Å². The molecule has 0 aliphatic carbocycles. The largest absolute Gasteiger partial charge is 0.385 e. The number of nitrogens with two attached hydrogens (primary N) is 2. The van der Waals surface area contributed by atoms with Gasteiger partial charge in [0.25, 0.3) is 0 Å². The fraction of sp³-hybridized carbons (Fsp3) is 0.800. The second kappa shape index (κ2) is 8.91. The van der Waals surface area contributed by atoms with E-state index in [4.69, 9.17) is 32.5 Å². The van der Waals surface area contributed by atoms with Crippen molar-refractivity contribution in [3.63, 3.8) is 0 Å². The summed E-state index contributed by atoms with van der Waals surface area (Å²) < 4.78 is 1.68. The quantitative estimate of drug-likeness (QED) is 0.125. The topological polar surface area (TPSA) is 189 Å². The Kier molecular flexibility index (Phi) is 7.05. The Bertz CT molecular complexity index is 877. The lowest BCUT2D eigenvalue weighted by Crippen LogP contribution is -2.56. The molecule has 2 aliphatic rings. The van der Waals surface area contributed by atoms with Crippen molar-refractivity contribution in [2.75, 3.05) is 32.7 Å². The van der Waals surface area contributed by atoms with E-state index in [-0.39, 0.29) is 18.2 Å². The maximum Gasteiger partial charge on any atom is 0.237 e. The number of amidine groups is 4. The van der Waals surface area contributed by atoms with E-state index >= 15 is 0 Å². The van der Waals surface area contributed by atoms with Crippen molar-refractivity contribution in [3.8, 4) is 0 Å². The minimum atomic E-state index is -0.989. The van der Waals surface area contributed by atoms with Crippen LogP contribution in [0.25, 0.3) is 0 Å². The van der Waals surface area contributed by atoms with Crippen molar-refractivity contribution in [1.82, 2.24) is 10.6 Å². The predicted octanol–water partition coefficient (Wildman–Crippen LogP) is 0.873. The third-order valence-electron chi connectivity index (χ3n) is 5.75. The minimum Gasteiger partial charge on any atom is -0.385 e. The van der Waals surface area contributed by atoms with Crippen LogP contribution in [0.5, 0.6) is 0 Å². The average molecular weight is 448 g/mol. The molecule has 2 heterocycles. The van der Waals surface area contributed by atoms with E-state index < -0.39 is 22.2 Å². The van der Waals surface area contributed by atoms with Crippen molar-refractivity contribution in [2.45, 2.75) is 70.6 Å². The van der Waals surface area contributed by atoms with E-state index in [0.717, 1.165) is 18.9 Å². The van der Waals surface area contributed by atoms with Gasteiger partial charge in [-0.05, 0) is 39.7 Å². The van der Waals surface area contributed by atoms with E-state index in [1.807, 2.05) is 20.8 Å². The van der Waals surface area contributed by atoms with Crippen molar-refractivity contribution in [2.24, 2.45) is 36.8 Å². The van der Waals surface area contributed by atoms with Gasteiger partial charge in [0, 0.05) is 26.9 Å². The number of hydrogen-bond acceptors (Lipinski definition) is 9. The van der Waals surface area contributed by atoms with Crippen LogP contribution in [0.4, 0.5) is 0 Å². The van der Waals surface area contributed by atoms with E-state index in [0.29, 0.717) is 18.9 Å². The van der Waals surface area contributed by atoms with Crippen LogP contribution in [0, 0.1) is 10.8 Å². The highest BCUT2D eigenvalue weighted by molar-refractivity contribution is 5.93. The van der Waals surface area contributed by atoms with Crippen LogP contribution in [0.1, 0.15) is 48.5 Å². The molecule has 0 saturated carbocycles. The molecule has 1 atom stereocenters. The van der Waals surface area contributed by atoms with Gasteiger partial charge in [0.2, 0.25) is 12.1 Å². The van der Waals surface area contributed by atoms with Crippen LogP contribution in [0.3, 0.4) is 0 Å². The van der Waals surface area contributed by atoms with Gasteiger partial charge in [-0.15, -0.1) is 4.70 Å². The molecular formula is C20H39N12+. The summed E-state index contributed by atoms with van der Waals surface area (Å²) >= 11 is 0. The molecule has 0 radical (unpaired) electrons. The summed E-state index contributed by atoms with van der Waals surface area (Å²) in [5.74, 6) is 1.34. The van der Waals surface area contributed by atoms with Crippen molar-refractivity contribution in [3.05, 3.63) is 0 Å². The fourth-order valence-corrected chi connectivity index (χ4v) is 3.15. The summed E-state index contributed by atoms with van der Waals surface area (Å²) in [5.41, 5.74) is 8.25. The first-order valence-corrected chi connectivity index (χ1v) is 10.8. The molecule has 0 aromatic rings. The van der Waals surface area contributed by atoms with E-state index in [1.54, 1.807) is 32.4 Å². The number of rotatable bonds is 10. The molecular weight excluding hydrogens is 408 g/mol. The smallest absolute Gasteiger partial charge is 0.237 e. The zero-order valence-corrected chi connectivity index (χ0v) is 20.4. The summed E-state index contributed by atoms with van der Waals surface area (Å²) in [4.78, 5) is 9.09. The van der Waals surface area contributed by atoms with Crippen LogP contribution >= 0.6 is 0 Å². The summed E-state index contributed by atoms with van der Waals surface area (Å²) in [6.45, 7) is 16.0. The predicted molar refractivity (Wildman–Crippen MR) is 127 cm³/mol. The highest BCUT2D eigenvalue weighted by Gasteiger charge is 2.47. The summed E-state index contributed by atoms with van der Waals surface area (Å²) in [7, 11) is 0. The normalized spacial score (nSPS) is 19.8. The van der Waals surface area contributed by atoms with Gasteiger partial charge in [-0.3, -0.25) is 20.8 Å².